The summed E-state index contributed by atoms with van der Waals surface area (Å²) in [6.07, 6.45) is 0.907. The van der Waals surface area contributed by atoms with Gasteiger partial charge in [0.25, 0.3) is 11.8 Å². The Bertz CT molecular complexity index is 1040. The minimum absolute atomic E-state index is 0.0111. The lowest BCUT2D eigenvalue weighted by Crippen LogP contribution is -2.69. The maximum absolute atomic E-state index is 13.8. The third kappa shape index (κ3) is 4.31. The Hall–Kier alpha value is -3.01. The molecule has 1 aliphatic heterocycles. The van der Waals surface area contributed by atoms with Crippen LogP contribution in [0.15, 0.2) is 18.2 Å². The number of amides is 4. The molecule has 0 radical (unpaired) electrons. The quantitative estimate of drug-likeness (QED) is 0.415. The number of anilines is 1. The largest absolute Gasteiger partial charge is 0.356 e. The lowest BCUT2D eigenvalue weighted by atomic mass is 9.42. The number of hydrogen-bond donors (Lipinski definition) is 4. The molecule has 11 heteroatoms. The number of hydrogen-bond acceptors (Lipinski definition) is 5. The summed E-state index contributed by atoms with van der Waals surface area (Å²) in [6.45, 7) is 0.449. The molecule has 5 rings (SSSR count). The normalized spacial score (nSPS) is 28.0. The maximum atomic E-state index is 13.8. The predicted molar refractivity (Wildman–Crippen MR) is 116 cm³/mol. The molecule has 4 N–H and O–H groups in total. The first-order valence-electron chi connectivity index (χ1n) is 10.7. The zero-order valence-electron chi connectivity index (χ0n) is 17.9. The van der Waals surface area contributed by atoms with E-state index < -0.39 is 40.6 Å². The van der Waals surface area contributed by atoms with E-state index in [2.05, 4.69) is 21.3 Å². The fraction of sp³-hybridized carbons (Fsp3) is 0.500. The molecule has 0 aromatic heterocycles. The van der Waals surface area contributed by atoms with Crippen LogP contribution in [0.5, 0.6) is 0 Å². The van der Waals surface area contributed by atoms with Gasteiger partial charge in [0.15, 0.2) is 0 Å². The molecule has 4 fully saturated rings. The van der Waals surface area contributed by atoms with Crippen molar-refractivity contribution in [1.29, 1.82) is 0 Å². The number of carbonyl (C=O) groups excluding carboxylic acids is 5. The molecular weight excluding hydrogens is 455 g/mol. The van der Waals surface area contributed by atoms with Gasteiger partial charge in [-0.05, 0) is 50.3 Å². The summed E-state index contributed by atoms with van der Waals surface area (Å²) in [5.41, 5.74) is -1.86. The van der Waals surface area contributed by atoms with Gasteiger partial charge >= 0.3 is 0 Å². The average Bonchev–Trinajstić information content (AvgIpc) is 3.14. The molecule has 4 amide bonds. The number of carbonyl (C=O) groups is 5. The number of rotatable bonds is 8. The van der Waals surface area contributed by atoms with Crippen LogP contribution in [0.3, 0.4) is 0 Å². The maximum Gasteiger partial charge on any atom is 0.289 e. The van der Waals surface area contributed by atoms with Crippen molar-refractivity contribution >= 4 is 46.7 Å². The predicted octanol–water partition coefficient (Wildman–Crippen LogP) is 1.11. The zero-order valence-corrected chi connectivity index (χ0v) is 18.7. The van der Waals surface area contributed by atoms with Crippen LogP contribution in [0.2, 0.25) is 5.02 Å². The van der Waals surface area contributed by atoms with Crippen LogP contribution in [0.25, 0.3) is 0 Å². The molecule has 1 unspecified atom stereocenters. The topological polar surface area (TPSA) is 133 Å². The van der Waals surface area contributed by atoms with Crippen molar-refractivity contribution in [2.24, 2.45) is 11.3 Å². The summed E-state index contributed by atoms with van der Waals surface area (Å²) in [5.74, 6) is -3.69. The Morgan fingerprint density at radius 3 is 2.52 bits per heavy atom. The SMILES string of the molecule is CNC(=O)C(=O)C(C[C@@H]1CCNC1=O)NC(=O)c1cc(Cl)ccc1NC(=O)C12CC(F)(C1)C2. The second kappa shape index (κ2) is 8.40. The standard InChI is InChI=1S/C22H24ClFN4O5/c1-25-19(32)16(29)15(6-11-4-5-26-17(11)30)27-18(31)13-7-12(23)2-3-14(13)28-20(33)21-8-22(24,9-21)10-21/h2-3,7,11,15H,4-6,8-10H2,1H3,(H,25,32)(H,26,30)(H,27,31)(H,28,33)/t11-,15?,21?,22?/m0/s1. The van der Waals surface area contributed by atoms with Gasteiger partial charge in [0, 0.05) is 24.5 Å². The molecule has 9 nitrogen and oxygen atoms in total. The second-order valence-electron chi connectivity index (χ2n) is 9.09. The van der Waals surface area contributed by atoms with Crippen LogP contribution in [-0.2, 0) is 19.2 Å². The molecule has 3 saturated carbocycles. The smallest absolute Gasteiger partial charge is 0.289 e. The van der Waals surface area contributed by atoms with Crippen LogP contribution in [-0.4, -0.2) is 54.7 Å². The highest BCUT2D eigenvalue weighted by Gasteiger charge is 2.72. The van der Waals surface area contributed by atoms with Gasteiger partial charge < -0.3 is 21.3 Å². The van der Waals surface area contributed by atoms with Crippen LogP contribution >= 0.6 is 11.6 Å². The molecule has 1 aromatic rings. The van der Waals surface area contributed by atoms with E-state index in [0.717, 1.165) is 0 Å². The summed E-state index contributed by atoms with van der Waals surface area (Å²) >= 11 is 6.05. The minimum Gasteiger partial charge on any atom is -0.356 e. The highest BCUT2D eigenvalue weighted by Crippen LogP contribution is 2.69. The van der Waals surface area contributed by atoms with Crippen molar-refractivity contribution in [3.8, 4) is 0 Å². The van der Waals surface area contributed by atoms with E-state index in [4.69, 9.17) is 11.6 Å². The number of alkyl halides is 1. The lowest BCUT2D eigenvalue weighted by molar-refractivity contribution is -0.209. The van der Waals surface area contributed by atoms with E-state index in [-0.39, 0.29) is 53.8 Å². The summed E-state index contributed by atoms with van der Waals surface area (Å²) < 4.78 is 13.8. The molecule has 1 saturated heterocycles. The van der Waals surface area contributed by atoms with E-state index in [1.54, 1.807) is 0 Å². The molecule has 2 atom stereocenters. The number of benzene rings is 1. The fourth-order valence-electron chi connectivity index (χ4n) is 4.88. The van der Waals surface area contributed by atoms with Crippen molar-refractivity contribution in [1.82, 2.24) is 16.0 Å². The van der Waals surface area contributed by atoms with E-state index in [9.17, 15) is 28.4 Å². The van der Waals surface area contributed by atoms with Crippen molar-refractivity contribution in [3.63, 3.8) is 0 Å². The number of nitrogens with one attached hydrogen (secondary N) is 4. The second-order valence-corrected chi connectivity index (χ2v) is 9.52. The first kappa shape index (κ1) is 23.2. The first-order valence-corrected chi connectivity index (χ1v) is 11.1. The Morgan fingerprint density at radius 2 is 1.94 bits per heavy atom. The molecule has 2 bridgehead atoms. The van der Waals surface area contributed by atoms with Crippen LogP contribution in [0, 0.1) is 11.3 Å². The first-order chi connectivity index (χ1) is 15.6. The van der Waals surface area contributed by atoms with Gasteiger partial charge in [0.2, 0.25) is 17.6 Å². The molecule has 1 aromatic carbocycles. The zero-order chi connectivity index (χ0) is 24.0. The van der Waals surface area contributed by atoms with Crippen molar-refractivity contribution < 1.29 is 28.4 Å². The van der Waals surface area contributed by atoms with E-state index in [1.807, 2.05) is 0 Å². The lowest BCUT2D eigenvalue weighted by Gasteiger charge is -2.64. The monoisotopic (exact) mass is 478 g/mol. The Labute approximate surface area is 194 Å². The van der Waals surface area contributed by atoms with Crippen LogP contribution in [0.4, 0.5) is 10.1 Å². The number of halogens is 2. The molecule has 3 aliphatic carbocycles. The molecule has 1 heterocycles. The van der Waals surface area contributed by atoms with Gasteiger partial charge in [-0.15, -0.1) is 0 Å². The molecule has 4 aliphatic rings. The van der Waals surface area contributed by atoms with Crippen molar-refractivity contribution in [2.75, 3.05) is 18.9 Å². The fourth-order valence-corrected chi connectivity index (χ4v) is 5.05. The summed E-state index contributed by atoms with van der Waals surface area (Å²) in [6, 6.07) is 3.02. The average molecular weight is 479 g/mol. The highest BCUT2D eigenvalue weighted by atomic mass is 35.5. The highest BCUT2D eigenvalue weighted by molar-refractivity contribution is 6.38. The van der Waals surface area contributed by atoms with E-state index in [0.29, 0.717) is 13.0 Å². The van der Waals surface area contributed by atoms with Crippen molar-refractivity contribution in [2.45, 2.75) is 43.8 Å². The molecule has 33 heavy (non-hydrogen) atoms. The van der Waals surface area contributed by atoms with Gasteiger partial charge in [-0.3, -0.25) is 24.0 Å². The van der Waals surface area contributed by atoms with E-state index >= 15 is 0 Å². The van der Waals surface area contributed by atoms with E-state index in [1.165, 1.54) is 25.2 Å². The molecule has 176 valence electrons. The number of likely N-dealkylation sites (N-methyl/N-ethyl adjacent to an activating group) is 1. The Morgan fingerprint density at radius 1 is 1.24 bits per heavy atom. The third-order valence-electron chi connectivity index (χ3n) is 6.68. The third-order valence-corrected chi connectivity index (χ3v) is 6.91. The van der Waals surface area contributed by atoms with Gasteiger partial charge in [-0.25, -0.2) is 4.39 Å². The summed E-state index contributed by atoms with van der Waals surface area (Å²) in [5, 5.41) is 10.3. The Kier molecular flexibility index (Phi) is 5.90. The number of Topliss-reactive ketones (excluding diaryl/α,β-unsaturated/α-hetero) is 1. The van der Waals surface area contributed by atoms with Gasteiger partial charge in [0.1, 0.15) is 5.67 Å². The number of ketones is 1. The van der Waals surface area contributed by atoms with Crippen LogP contribution in [0.1, 0.15) is 42.5 Å². The van der Waals surface area contributed by atoms with Crippen molar-refractivity contribution in [3.05, 3.63) is 28.8 Å². The van der Waals surface area contributed by atoms with Gasteiger partial charge in [-0.1, -0.05) is 11.6 Å². The minimum atomic E-state index is -1.25. The van der Waals surface area contributed by atoms with Crippen LogP contribution < -0.4 is 21.3 Å². The summed E-state index contributed by atoms with van der Waals surface area (Å²) in [4.78, 5) is 62.3. The van der Waals surface area contributed by atoms with Gasteiger partial charge in [0.05, 0.1) is 22.7 Å². The van der Waals surface area contributed by atoms with Gasteiger partial charge in [-0.2, -0.15) is 0 Å². The molecule has 0 spiro atoms. The summed E-state index contributed by atoms with van der Waals surface area (Å²) in [7, 11) is 1.29. The Balaban J connectivity index is 1.52. The molecular formula is C22H24ClFN4O5.